The van der Waals surface area contributed by atoms with Gasteiger partial charge >= 0.3 is 0 Å². The fourth-order valence-corrected chi connectivity index (χ4v) is 2.40. The number of nitrogens with zero attached hydrogens (tertiary/aromatic N) is 1. The van der Waals surface area contributed by atoms with Crippen LogP contribution < -0.4 is 10.1 Å². The third-order valence-corrected chi connectivity index (χ3v) is 3.57. The second-order valence-corrected chi connectivity index (χ2v) is 5.06. The van der Waals surface area contributed by atoms with Gasteiger partial charge in [0.15, 0.2) is 11.5 Å². The number of hydrogen-bond acceptors (Lipinski definition) is 4. The number of phenols is 1. The Morgan fingerprint density at radius 2 is 2.22 bits per heavy atom. The molecule has 0 bridgehead atoms. The summed E-state index contributed by atoms with van der Waals surface area (Å²) >= 11 is 0. The summed E-state index contributed by atoms with van der Waals surface area (Å²) in [6, 6.07) is 6.63. The van der Waals surface area contributed by atoms with Gasteiger partial charge in [0.2, 0.25) is 0 Å². The van der Waals surface area contributed by atoms with E-state index < -0.39 is 0 Å². The number of phenolic OH excluding ortho intramolecular Hbond substituents is 1. The Bertz CT molecular complexity index is 409. The van der Waals surface area contributed by atoms with Gasteiger partial charge in [-0.15, -0.1) is 0 Å². The summed E-state index contributed by atoms with van der Waals surface area (Å²) in [5.41, 5.74) is 0.926. The zero-order valence-corrected chi connectivity index (χ0v) is 11.3. The molecule has 4 heteroatoms. The van der Waals surface area contributed by atoms with Crippen molar-refractivity contribution in [3.63, 3.8) is 0 Å². The van der Waals surface area contributed by atoms with Crippen molar-refractivity contribution in [2.75, 3.05) is 20.2 Å². The summed E-state index contributed by atoms with van der Waals surface area (Å²) in [5.74, 6) is 0.807. The molecule has 1 aromatic rings. The van der Waals surface area contributed by atoms with E-state index in [0.29, 0.717) is 17.8 Å². The molecule has 1 heterocycles. The van der Waals surface area contributed by atoms with Gasteiger partial charge in [0, 0.05) is 37.3 Å². The first-order valence-corrected chi connectivity index (χ1v) is 6.44. The third kappa shape index (κ3) is 2.76. The standard InChI is InChI=1S/C14H22N2O2/c1-10-8-16(11(2)7-15-10)9-12-5-4-6-13(18-3)14(12)17/h4-6,10-11,15,17H,7-9H2,1-3H3. The van der Waals surface area contributed by atoms with E-state index in [9.17, 15) is 5.11 Å². The van der Waals surface area contributed by atoms with E-state index in [4.69, 9.17) is 4.74 Å². The Balaban J connectivity index is 2.13. The Morgan fingerprint density at radius 3 is 2.94 bits per heavy atom. The van der Waals surface area contributed by atoms with Gasteiger partial charge in [-0.2, -0.15) is 0 Å². The molecule has 0 radical (unpaired) electrons. The second-order valence-electron chi connectivity index (χ2n) is 5.06. The second kappa shape index (κ2) is 5.59. The van der Waals surface area contributed by atoms with Crippen LogP contribution in [0.15, 0.2) is 18.2 Å². The summed E-state index contributed by atoms with van der Waals surface area (Å²) in [5, 5.41) is 13.6. The lowest BCUT2D eigenvalue weighted by Crippen LogP contribution is -2.53. The maximum Gasteiger partial charge on any atom is 0.162 e. The summed E-state index contributed by atoms with van der Waals surface area (Å²) in [6.07, 6.45) is 0. The molecule has 18 heavy (non-hydrogen) atoms. The van der Waals surface area contributed by atoms with Crippen LogP contribution in [0.25, 0.3) is 0 Å². The number of piperazine rings is 1. The van der Waals surface area contributed by atoms with Gasteiger partial charge in [-0.1, -0.05) is 12.1 Å². The summed E-state index contributed by atoms with van der Waals surface area (Å²) in [7, 11) is 1.58. The summed E-state index contributed by atoms with van der Waals surface area (Å²) < 4.78 is 5.14. The Labute approximate surface area is 109 Å². The molecule has 1 fully saturated rings. The average molecular weight is 250 g/mol. The molecule has 0 aliphatic carbocycles. The first-order chi connectivity index (χ1) is 8.61. The van der Waals surface area contributed by atoms with Gasteiger partial charge < -0.3 is 15.2 Å². The van der Waals surface area contributed by atoms with Crippen LogP contribution in [0.3, 0.4) is 0 Å². The summed E-state index contributed by atoms with van der Waals surface area (Å²) in [6.45, 7) is 7.14. The van der Waals surface area contributed by atoms with Crippen LogP contribution in [-0.4, -0.2) is 42.3 Å². The number of hydrogen-bond donors (Lipinski definition) is 2. The van der Waals surface area contributed by atoms with Gasteiger partial charge in [-0.05, 0) is 19.9 Å². The number of rotatable bonds is 3. The van der Waals surface area contributed by atoms with E-state index in [1.807, 2.05) is 12.1 Å². The summed E-state index contributed by atoms with van der Waals surface area (Å²) in [4.78, 5) is 2.38. The lowest BCUT2D eigenvalue weighted by atomic mass is 10.1. The normalized spacial score (nSPS) is 25.1. The highest BCUT2D eigenvalue weighted by Gasteiger charge is 2.23. The molecular formula is C14H22N2O2. The molecule has 1 aliphatic rings. The van der Waals surface area contributed by atoms with Crippen LogP contribution in [0.4, 0.5) is 0 Å². The molecule has 0 amide bonds. The Morgan fingerprint density at radius 1 is 1.44 bits per heavy atom. The van der Waals surface area contributed by atoms with Gasteiger partial charge in [-0.3, -0.25) is 4.90 Å². The lowest BCUT2D eigenvalue weighted by molar-refractivity contribution is 0.137. The average Bonchev–Trinajstić information content (AvgIpc) is 2.36. The van der Waals surface area contributed by atoms with Gasteiger partial charge in [0.25, 0.3) is 0 Å². The van der Waals surface area contributed by atoms with E-state index in [2.05, 4.69) is 24.1 Å². The molecule has 2 N–H and O–H groups in total. The first-order valence-electron chi connectivity index (χ1n) is 6.44. The van der Waals surface area contributed by atoms with Crippen molar-refractivity contribution in [1.29, 1.82) is 0 Å². The van der Waals surface area contributed by atoms with E-state index in [1.54, 1.807) is 13.2 Å². The van der Waals surface area contributed by atoms with Crippen molar-refractivity contribution in [2.45, 2.75) is 32.5 Å². The van der Waals surface area contributed by atoms with Gasteiger partial charge in [-0.25, -0.2) is 0 Å². The fraction of sp³-hybridized carbons (Fsp3) is 0.571. The zero-order valence-electron chi connectivity index (χ0n) is 11.3. The van der Waals surface area contributed by atoms with E-state index >= 15 is 0 Å². The van der Waals surface area contributed by atoms with Crippen molar-refractivity contribution < 1.29 is 9.84 Å². The molecule has 2 unspecified atom stereocenters. The zero-order chi connectivity index (χ0) is 13.1. The van der Waals surface area contributed by atoms with Crippen LogP contribution in [-0.2, 0) is 6.54 Å². The molecule has 0 saturated carbocycles. The predicted octanol–water partition coefficient (Wildman–Crippen LogP) is 1.58. The maximum absolute atomic E-state index is 10.1. The number of para-hydroxylation sites is 1. The molecule has 100 valence electrons. The minimum Gasteiger partial charge on any atom is -0.504 e. The first kappa shape index (κ1) is 13.2. The molecule has 1 aliphatic heterocycles. The fourth-order valence-electron chi connectivity index (χ4n) is 2.40. The van der Waals surface area contributed by atoms with Crippen molar-refractivity contribution in [1.82, 2.24) is 10.2 Å². The highest BCUT2D eigenvalue weighted by Crippen LogP contribution is 2.30. The number of aromatic hydroxyl groups is 1. The largest absolute Gasteiger partial charge is 0.504 e. The molecule has 0 aromatic heterocycles. The van der Waals surface area contributed by atoms with E-state index in [-0.39, 0.29) is 5.75 Å². The van der Waals surface area contributed by atoms with Crippen LogP contribution >= 0.6 is 0 Å². The molecule has 2 rings (SSSR count). The smallest absolute Gasteiger partial charge is 0.162 e. The molecular weight excluding hydrogens is 228 g/mol. The monoisotopic (exact) mass is 250 g/mol. The predicted molar refractivity (Wildman–Crippen MR) is 72.0 cm³/mol. The van der Waals surface area contributed by atoms with Gasteiger partial charge in [0.05, 0.1) is 7.11 Å². The highest BCUT2D eigenvalue weighted by molar-refractivity contribution is 5.45. The minimum absolute atomic E-state index is 0.262. The molecule has 1 aromatic carbocycles. The van der Waals surface area contributed by atoms with Crippen LogP contribution in [0, 0.1) is 0 Å². The van der Waals surface area contributed by atoms with Crippen LogP contribution in [0.1, 0.15) is 19.4 Å². The van der Waals surface area contributed by atoms with Crippen molar-refractivity contribution >= 4 is 0 Å². The number of benzene rings is 1. The molecule has 1 saturated heterocycles. The SMILES string of the molecule is COc1cccc(CN2CC(C)NCC2C)c1O. The van der Waals surface area contributed by atoms with E-state index in [1.165, 1.54) is 0 Å². The maximum atomic E-state index is 10.1. The number of methoxy groups -OCH3 is 1. The van der Waals surface area contributed by atoms with Crippen molar-refractivity contribution in [3.8, 4) is 11.5 Å². The molecule has 0 spiro atoms. The van der Waals surface area contributed by atoms with Crippen molar-refractivity contribution in [2.24, 2.45) is 0 Å². The topological polar surface area (TPSA) is 44.7 Å². The Hall–Kier alpha value is -1.26. The molecule has 2 atom stereocenters. The lowest BCUT2D eigenvalue weighted by Gasteiger charge is -2.37. The quantitative estimate of drug-likeness (QED) is 0.855. The van der Waals surface area contributed by atoms with Crippen LogP contribution in [0.5, 0.6) is 11.5 Å². The number of ether oxygens (including phenoxy) is 1. The van der Waals surface area contributed by atoms with Crippen LogP contribution in [0.2, 0.25) is 0 Å². The van der Waals surface area contributed by atoms with E-state index in [0.717, 1.165) is 25.2 Å². The number of nitrogens with one attached hydrogen (secondary N) is 1. The minimum atomic E-state index is 0.262. The van der Waals surface area contributed by atoms with Crippen molar-refractivity contribution in [3.05, 3.63) is 23.8 Å². The molecule has 4 nitrogen and oxygen atoms in total. The third-order valence-electron chi connectivity index (χ3n) is 3.57. The van der Waals surface area contributed by atoms with Gasteiger partial charge in [0.1, 0.15) is 0 Å². The Kier molecular flexibility index (Phi) is 4.09. The highest BCUT2D eigenvalue weighted by atomic mass is 16.5.